The first-order valence-electron chi connectivity index (χ1n) is 13.6. The molecule has 0 aliphatic carbocycles. The average Bonchev–Trinajstić information content (AvgIpc) is 3.54. The van der Waals surface area contributed by atoms with Gasteiger partial charge in [0.1, 0.15) is 5.82 Å². The molecule has 6 rings (SSSR count). The number of urea groups is 1. The lowest BCUT2D eigenvalue weighted by Crippen LogP contribution is -2.24. The molecule has 0 fully saturated rings. The Morgan fingerprint density at radius 3 is 2.74 bits per heavy atom. The van der Waals surface area contributed by atoms with Crippen LogP contribution in [-0.4, -0.2) is 28.3 Å². The average molecular weight is 521 g/mol. The number of carbonyl (C=O) groups excluding carboxylic acids is 2. The Bertz CT molecular complexity index is 1560. The van der Waals surface area contributed by atoms with Crippen molar-refractivity contribution in [3.8, 4) is 16.8 Å². The van der Waals surface area contributed by atoms with Crippen molar-refractivity contribution >= 4 is 23.4 Å². The molecule has 4 N–H and O–H groups in total. The van der Waals surface area contributed by atoms with Crippen LogP contribution in [0.15, 0.2) is 66.7 Å². The number of nitrogens with one attached hydrogen (secondary N) is 4. The summed E-state index contributed by atoms with van der Waals surface area (Å²) in [5.74, 6) is 0.578. The maximum Gasteiger partial charge on any atom is 0.324 e. The van der Waals surface area contributed by atoms with Gasteiger partial charge in [0.25, 0.3) is 5.91 Å². The van der Waals surface area contributed by atoms with Gasteiger partial charge in [-0.05, 0) is 84.0 Å². The van der Waals surface area contributed by atoms with Crippen molar-refractivity contribution < 1.29 is 9.59 Å². The van der Waals surface area contributed by atoms with Gasteiger partial charge in [-0.3, -0.25) is 10.1 Å². The summed E-state index contributed by atoms with van der Waals surface area (Å²) in [4.78, 5) is 25.3. The van der Waals surface area contributed by atoms with E-state index in [-0.39, 0.29) is 11.9 Å². The zero-order valence-corrected chi connectivity index (χ0v) is 22.0. The third-order valence-corrected chi connectivity index (χ3v) is 7.39. The van der Waals surface area contributed by atoms with E-state index in [2.05, 4.69) is 46.4 Å². The number of hydrogen-bond donors (Lipinski definition) is 4. The maximum absolute atomic E-state index is 13.2. The molecule has 0 radical (unpaired) electrons. The van der Waals surface area contributed by atoms with Crippen LogP contribution in [0.2, 0.25) is 0 Å². The second kappa shape index (κ2) is 10.7. The van der Waals surface area contributed by atoms with Crippen molar-refractivity contribution in [2.75, 3.05) is 17.2 Å². The molecule has 39 heavy (non-hydrogen) atoms. The SMILES string of the molecule is CCCCc1cc(NC(=O)Nc2cccc(-c3cccc4c3CNC4=O)c2)n(-c2ccc3c(c2)CNCC3)n1. The number of amides is 3. The molecule has 2 aliphatic rings. The highest BCUT2D eigenvalue weighted by Gasteiger charge is 2.22. The standard InChI is InChI=1S/C31H32N6O2/c1-2-3-7-24-17-29(37(36-24)25-12-11-20-13-14-32-18-22(20)16-25)35-31(39)34-23-8-4-6-21(15-23)26-9-5-10-27-28(26)19-33-30(27)38/h4-6,8-12,15-17,32H,2-3,7,13-14,18-19H2,1H3,(H,33,38)(H2,34,35,39). The fraction of sp³-hybridized carbons (Fsp3) is 0.258. The fourth-order valence-corrected chi connectivity index (χ4v) is 5.36. The zero-order valence-electron chi connectivity index (χ0n) is 22.0. The van der Waals surface area contributed by atoms with Crippen LogP contribution in [0.5, 0.6) is 0 Å². The Labute approximate surface area is 227 Å². The molecule has 198 valence electrons. The Balaban J connectivity index is 1.24. The van der Waals surface area contributed by atoms with Gasteiger partial charge in [-0.2, -0.15) is 5.10 Å². The highest BCUT2D eigenvalue weighted by atomic mass is 16.2. The van der Waals surface area contributed by atoms with E-state index in [4.69, 9.17) is 5.10 Å². The zero-order chi connectivity index (χ0) is 26.8. The minimum Gasteiger partial charge on any atom is -0.348 e. The van der Waals surface area contributed by atoms with Crippen LogP contribution in [0, 0.1) is 0 Å². The summed E-state index contributed by atoms with van der Waals surface area (Å²) in [6.07, 6.45) is 3.98. The quantitative estimate of drug-likeness (QED) is 0.262. The lowest BCUT2D eigenvalue weighted by molar-refractivity contribution is 0.0965. The summed E-state index contributed by atoms with van der Waals surface area (Å²) >= 11 is 0. The van der Waals surface area contributed by atoms with E-state index >= 15 is 0 Å². The first-order valence-corrected chi connectivity index (χ1v) is 13.6. The molecule has 0 bridgehead atoms. The molecule has 8 nitrogen and oxygen atoms in total. The number of aryl methyl sites for hydroxylation is 1. The normalized spacial score (nSPS) is 13.9. The van der Waals surface area contributed by atoms with Crippen LogP contribution in [0.3, 0.4) is 0 Å². The van der Waals surface area contributed by atoms with E-state index in [0.717, 1.165) is 66.8 Å². The number of anilines is 2. The molecule has 0 unspecified atom stereocenters. The van der Waals surface area contributed by atoms with E-state index in [9.17, 15) is 9.59 Å². The van der Waals surface area contributed by atoms with E-state index in [1.165, 1.54) is 11.1 Å². The van der Waals surface area contributed by atoms with Crippen LogP contribution in [0.4, 0.5) is 16.3 Å². The molecule has 1 aromatic heterocycles. The number of benzene rings is 3. The first kappa shape index (κ1) is 24.9. The van der Waals surface area contributed by atoms with Crippen LogP contribution < -0.4 is 21.3 Å². The fourth-order valence-electron chi connectivity index (χ4n) is 5.36. The van der Waals surface area contributed by atoms with E-state index < -0.39 is 0 Å². The van der Waals surface area contributed by atoms with Crippen LogP contribution in [0.25, 0.3) is 16.8 Å². The highest BCUT2D eigenvalue weighted by molar-refractivity contribution is 6.01. The van der Waals surface area contributed by atoms with Gasteiger partial charge in [-0.1, -0.05) is 43.7 Å². The summed E-state index contributed by atoms with van der Waals surface area (Å²) in [5, 5.41) is 17.2. The molecule has 2 aliphatic heterocycles. The molecule has 8 heteroatoms. The number of fused-ring (bicyclic) bond motifs is 2. The predicted octanol–water partition coefficient (Wildman–Crippen LogP) is 5.42. The third kappa shape index (κ3) is 5.15. The lowest BCUT2D eigenvalue weighted by atomic mass is 9.96. The Kier molecular flexibility index (Phi) is 6.85. The number of hydrogen-bond acceptors (Lipinski definition) is 4. The van der Waals surface area contributed by atoms with Crippen molar-refractivity contribution in [2.24, 2.45) is 0 Å². The van der Waals surface area contributed by atoms with E-state index in [1.807, 2.05) is 53.2 Å². The lowest BCUT2D eigenvalue weighted by Gasteiger charge is -2.18. The molecular weight excluding hydrogens is 488 g/mol. The summed E-state index contributed by atoms with van der Waals surface area (Å²) < 4.78 is 1.83. The number of nitrogens with zero attached hydrogens (tertiary/aromatic N) is 2. The van der Waals surface area contributed by atoms with Crippen molar-refractivity contribution in [3.63, 3.8) is 0 Å². The minimum absolute atomic E-state index is 0.0504. The first-order chi connectivity index (χ1) is 19.1. The number of unbranched alkanes of at least 4 members (excludes halogenated alkanes) is 1. The maximum atomic E-state index is 13.2. The van der Waals surface area contributed by atoms with E-state index in [1.54, 1.807) is 0 Å². The van der Waals surface area contributed by atoms with Crippen LogP contribution >= 0.6 is 0 Å². The Morgan fingerprint density at radius 1 is 0.974 bits per heavy atom. The predicted molar refractivity (Wildman–Crippen MR) is 153 cm³/mol. The second-order valence-corrected chi connectivity index (χ2v) is 10.1. The number of rotatable bonds is 7. The molecule has 3 aromatic carbocycles. The van der Waals surface area contributed by atoms with Crippen molar-refractivity contribution in [1.29, 1.82) is 0 Å². The molecule has 3 amide bonds. The topological polar surface area (TPSA) is 100 Å². The number of carbonyl (C=O) groups is 2. The second-order valence-electron chi connectivity index (χ2n) is 10.1. The van der Waals surface area contributed by atoms with Crippen molar-refractivity contribution in [1.82, 2.24) is 20.4 Å². The summed E-state index contributed by atoms with van der Waals surface area (Å²) in [6.45, 7) is 4.49. The van der Waals surface area contributed by atoms with E-state index in [0.29, 0.717) is 23.6 Å². The number of aromatic nitrogens is 2. The van der Waals surface area contributed by atoms with Crippen LogP contribution in [0.1, 0.15) is 52.5 Å². The molecule has 4 aromatic rings. The minimum atomic E-state index is -0.342. The van der Waals surface area contributed by atoms with Gasteiger partial charge >= 0.3 is 6.03 Å². The van der Waals surface area contributed by atoms with Crippen molar-refractivity contribution in [2.45, 2.75) is 45.7 Å². The molecule has 0 saturated heterocycles. The highest BCUT2D eigenvalue weighted by Crippen LogP contribution is 2.31. The molecule has 0 atom stereocenters. The summed E-state index contributed by atoms with van der Waals surface area (Å²) in [6, 6.07) is 21.4. The third-order valence-electron chi connectivity index (χ3n) is 7.39. The van der Waals surface area contributed by atoms with Gasteiger partial charge < -0.3 is 16.0 Å². The van der Waals surface area contributed by atoms with Crippen molar-refractivity contribution in [3.05, 3.63) is 94.7 Å². The molecule has 3 heterocycles. The van der Waals surface area contributed by atoms with Gasteiger partial charge in [0.15, 0.2) is 0 Å². The Morgan fingerprint density at radius 2 is 1.85 bits per heavy atom. The molecule has 0 spiro atoms. The molecule has 0 saturated carbocycles. The largest absolute Gasteiger partial charge is 0.348 e. The molecular formula is C31H32N6O2. The monoisotopic (exact) mass is 520 g/mol. The van der Waals surface area contributed by atoms with Gasteiger partial charge in [0.05, 0.1) is 11.4 Å². The van der Waals surface area contributed by atoms with Gasteiger partial charge in [0.2, 0.25) is 0 Å². The summed E-state index contributed by atoms with van der Waals surface area (Å²) in [7, 11) is 0. The van der Waals surface area contributed by atoms with Gasteiger partial charge in [0, 0.05) is 30.4 Å². The van der Waals surface area contributed by atoms with Gasteiger partial charge in [-0.15, -0.1) is 0 Å². The van der Waals surface area contributed by atoms with Crippen LogP contribution in [-0.2, 0) is 25.9 Å². The smallest absolute Gasteiger partial charge is 0.324 e. The summed E-state index contributed by atoms with van der Waals surface area (Å²) in [5.41, 5.74) is 8.77. The van der Waals surface area contributed by atoms with Gasteiger partial charge in [-0.25, -0.2) is 9.48 Å². The Hall–Kier alpha value is -4.43.